The molecule has 0 bridgehead atoms. The first-order chi connectivity index (χ1) is 10.7. The smallest absolute Gasteiger partial charge is 0.159 e. The number of hydrogen-bond acceptors (Lipinski definition) is 2. The van der Waals surface area contributed by atoms with E-state index in [2.05, 4.69) is 4.98 Å². The van der Waals surface area contributed by atoms with Crippen LogP contribution < -0.4 is 0 Å². The Morgan fingerprint density at radius 2 is 1.77 bits per heavy atom. The van der Waals surface area contributed by atoms with Gasteiger partial charge >= 0.3 is 0 Å². The summed E-state index contributed by atoms with van der Waals surface area (Å²) in [7, 11) is 0. The van der Waals surface area contributed by atoms with Gasteiger partial charge in [0.2, 0.25) is 0 Å². The van der Waals surface area contributed by atoms with E-state index in [1.807, 2.05) is 18.3 Å². The third-order valence-corrected chi connectivity index (χ3v) is 4.44. The minimum Gasteiger partial charge on any atom is -0.303 e. The molecule has 1 aromatic heterocycles. The van der Waals surface area contributed by atoms with Crippen LogP contribution in [0.25, 0.3) is 11.3 Å². The summed E-state index contributed by atoms with van der Waals surface area (Å²) in [6.07, 6.45) is 6.71. The van der Waals surface area contributed by atoms with Crippen molar-refractivity contribution in [2.45, 2.75) is 31.6 Å². The summed E-state index contributed by atoms with van der Waals surface area (Å²) < 4.78 is 26.2. The monoisotopic (exact) mass is 301 g/mol. The summed E-state index contributed by atoms with van der Waals surface area (Å²) in [6.45, 7) is 0. The molecule has 114 valence electrons. The molecule has 0 atom stereocenters. The van der Waals surface area contributed by atoms with Gasteiger partial charge in [0.1, 0.15) is 6.29 Å². The number of rotatable bonds is 3. The van der Waals surface area contributed by atoms with Crippen LogP contribution in [0.3, 0.4) is 0 Å². The van der Waals surface area contributed by atoms with Crippen LogP contribution in [0.2, 0.25) is 0 Å². The zero-order valence-electron chi connectivity index (χ0n) is 12.1. The molecule has 0 N–H and O–H groups in total. The second-order valence-corrected chi connectivity index (χ2v) is 5.85. The van der Waals surface area contributed by atoms with Gasteiger partial charge in [-0.05, 0) is 61.4 Å². The van der Waals surface area contributed by atoms with Crippen LogP contribution in [0, 0.1) is 17.6 Å². The van der Waals surface area contributed by atoms with Gasteiger partial charge in [0.05, 0.1) is 5.69 Å². The minimum atomic E-state index is -0.865. The summed E-state index contributed by atoms with van der Waals surface area (Å²) in [4.78, 5) is 15.2. The highest BCUT2D eigenvalue weighted by atomic mass is 19.2. The Morgan fingerprint density at radius 1 is 1.00 bits per heavy atom. The molecule has 0 radical (unpaired) electrons. The van der Waals surface area contributed by atoms with E-state index >= 15 is 0 Å². The average molecular weight is 301 g/mol. The molecule has 0 aliphatic heterocycles. The number of carbonyl (C=O) groups excluding carboxylic acids is 1. The Morgan fingerprint density at radius 3 is 2.36 bits per heavy atom. The van der Waals surface area contributed by atoms with Gasteiger partial charge in [-0.1, -0.05) is 6.07 Å². The van der Waals surface area contributed by atoms with E-state index in [1.54, 1.807) is 0 Å². The maximum atomic E-state index is 13.3. The minimum absolute atomic E-state index is 0.200. The molecule has 1 saturated carbocycles. The third kappa shape index (κ3) is 3.06. The first-order valence-electron chi connectivity index (χ1n) is 7.54. The van der Waals surface area contributed by atoms with E-state index in [0.717, 1.165) is 49.7 Å². The highest BCUT2D eigenvalue weighted by Gasteiger charge is 2.22. The maximum Gasteiger partial charge on any atom is 0.159 e. The molecule has 1 aliphatic rings. The molecule has 0 amide bonds. The zero-order valence-corrected chi connectivity index (χ0v) is 12.1. The van der Waals surface area contributed by atoms with Gasteiger partial charge < -0.3 is 4.79 Å². The predicted molar refractivity (Wildman–Crippen MR) is 80.4 cm³/mol. The number of hydrogen-bond donors (Lipinski definition) is 0. The summed E-state index contributed by atoms with van der Waals surface area (Å²) in [5.74, 6) is -1.09. The SMILES string of the molecule is O=CC1CCC(c2ccc(-c3ccc(F)c(F)c3)nc2)CC1. The molecule has 0 spiro atoms. The molecule has 1 aromatic carbocycles. The van der Waals surface area contributed by atoms with E-state index in [9.17, 15) is 13.6 Å². The molecular weight excluding hydrogens is 284 g/mol. The van der Waals surface area contributed by atoms with Crippen molar-refractivity contribution >= 4 is 6.29 Å². The number of halogens is 2. The van der Waals surface area contributed by atoms with Crippen LogP contribution in [-0.2, 0) is 4.79 Å². The molecule has 4 heteroatoms. The lowest BCUT2D eigenvalue weighted by atomic mass is 9.79. The number of pyridine rings is 1. The molecule has 2 aromatic rings. The van der Waals surface area contributed by atoms with Crippen LogP contribution in [0.4, 0.5) is 8.78 Å². The Hall–Kier alpha value is -2.10. The Bertz CT molecular complexity index is 661. The molecule has 1 aliphatic carbocycles. The maximum absolute atomic E-state index is 13.3. The van der Waals surface area contributed by atoms with Crippen molar-refractivity contribution in [2.24, 2.45) is 5.92 Å². The van der Waals surface area contributed by atoms with Gasteiger partial charge in [0, 0.05) is 17.7 Å². The van der Waals surface area contributed by atoms with Crippen molar-refractivity contribution < 1.29 is 13.6 Å². The van der Waals surface area contributed by atoms with Crippen molar-refractivity contribution in [3.8, 4) is 11.3 Å². The molecule has 22 heavy (non-hydrogen) atoms. The molecular formula is C18H17F2NO. The van der Waals surface area contributed by atoms with Gasteiger partial charge in [-0.25, -0.2) is 8.78 Å². The Kier molecular flexibility index (Phi) is 4.27. The van der Waals surface area contributed by atoms with Crippen LogP contribution >= 0.6 is 0 Å². The summed E-state index contributed by atoms with van der Waals surface area (Å²) in [5.41, 5.74) is 2.34. The Balaban J connectivity index is 1.75. The molecule has 1 heterocycles. The van der Waals surface area contributed by atoms with Crippen molar-refractivity contribution in [1.82, 2.24) is 4.98 Å². The topological polar surface area (TPSA) is 30.0 Å². The fourth-order valence-electron chi connectivity index (χ4n) is 3.06. The fourth-order valence-corrected chi connectivity index (χ4v) is 3.06. The number of aldehydes is 1. The lowest BCUT2D eigenvalue weighted by molar-refractivity contribution is -0.111. The number of aromatic nitrogens is 1. The van der Waals surface area contributed by atoms with Crippen LogP contribution in [0.15, 0.2) is 36.5 Å². The summed E-state index contributed by atoms with van der Waals surface area (Å²) >= 11 is 0. The average Bonchev–Trinajstić information content (AvgIpc) is 2.58. The molecule has 2 nitrogen and oxygen atoms in total. The summed E-state index contributed by atoms with van der Waals surface area (Å²) in [5, 5.41) is 0. The first kappa shape index (κ1) is 14.8. The number of benzene rings is 1. The van der Waals surface area contributed by atoms with E-state index in [0.29, 0.717) is 17.2 Å². The van der Waals surface area contributed by atoms with Crippen LogP contribution in [-0.4, -0.2) is 11.3 Å². The van der Waals surface area contributed by atoms with Gasteiger partial charge in [0.15, 0.2) is 11.6 Å². The summed E-state index contributed by atoms with van der Waals surface area (Å²) in [6, 6.07) is 7.63. The Labute approximate surface area is 128 Å². The fraction of sp³-hybridized carbons (Fsp3) is 0.333. The van der Waals surface area contributed by atoms with E-state index in [-0.39, 0.29) is 5.92 Å². The van der Waals surface area contributed by atoms with Crippen LogP contribution in [0.5, 0.6) is 0 Å². The van der Waals surface area contributed by atoms with Crippen molar-refractivity contribution in [3.05, 3.63) is 53.7 Å². The third-order valence-electron chi connectivity index (χ3n) is 4.44. The standard InChI is InChI=1S/C18H17F2NO/c19-16-7-5-14(9-17(16)20)18-8-6-15(10-21-18)13-3-1-12(11-22)2-4-13/h5-13H,1-4H2. The van der Waals surface area contributed by atoms with E-state index in [4.69, 9.17) is 0 Å². The highest BCUT2D eigenvalue weighted by Crippen LogP contribution is 2.35. The van der Waals surface area contributed by atoms with Gasteiger partial charge in [-0.2, -0.15) is 0 Å². The first-order valence-corrected chi connectivity index (χ1v) is 7.54. The largest absolute Gasteiger partial charge is 0.303 e. The normalized spacial score (nSPS) is 21.5. The molecule has 0 saturated heterocycles. The number of carbonyl (C=O) groups is 1. The molecule has 0 unspecified atom stereocenters. The quantitative estimate of drug-likeness (QED) is 0.781. The highest BCUT2D eigenvalue weighted by molar-refractivity contribution is 5.59. The number of nitrogens with zero attached hydrogens (tertiary/aromatic N) is 1. The van der Waals surface area contributed by atoms with Gasteiger partial charge in [-0.15, -0.1) is 0 Å². The zero-order chi connectivity index (χ0) is 15.5. The molecule has 3 rings (SSSR count). The second-order valence-electron chi connectivity index (χ2n) is 5.85. The lowest BCUT2D eigenvalue weighted by Crippen LogP contribution is -2.14. The van der Waals surface area contributed by atoms with Crippen molar-refractivity contribution in [2.75, 3.05) is 0 Å². The van der Waals surface area contributed by atoms with E-state index in [1.165, 1.54) is 6.07 Å². The van der Waals surface area contributed by atoms with Gasteiger partial charge in [-0.3, -0.25) is 4.98 Å². The second kappa shape index (κ2) is 6.34. The molecule has 1 fully saturated rings. The van der Waals surface area contributed by atoms with Crippen molar-refractivity contribution in [3.63, 3.8) is 0 Å². The van der Waals surface area contributed by atoms with Gasteiger partial charge in [0.25, 0.3) is 0 Å². The van der Waals surface area contributed by atoms with Crippen LogP contribution in [0.1, 0.15) is 37.2 Å². The predicted octanol–water partition coefficient (Wildman–Crippen LogP) is 4.50. The van der Waals surface area contributed by atoms with E-state index < -0.39 is 11.6 Å². The lowest BCUT2D eigenvalue weighted by Gasteiger charge is -2.25. The van der Waals surface area contributed by atoms with Crippen molar-refractivity contribution in [1.29, 1.82) is 0 Å².